The first-order chi connectivity index (χ1) is 28.7. The topological polar surface area (TPSA) is 286 Å². The number of ether oxygens (including phenoxy) is 13. The molecule has 1 saturated carbocycles. The Labute approximate surface area is 343 Å². The van der Waals surface area contributed by atoms with E-state index in [0.717, 1.165) is 0 Å². The predicted molar refractivity (Wildman–Crippen MR) is 197 cm³/mol. The minimum Gasteiger partial charge on any atom is -0.463 e. The number of esters is 5. The summed E-state index contributed by atoms with van der Waals surface area (Å²) in [6.45, 7) is 3.87. The predicted octanol–water partition coefficient (Wildman–Crippen LogP) is -2.42. The standard InChI is InChI=1S/C33H58O20.C4H4O2/c34-1-5-42-9-13-46-17-21-50-30(38)26-25-27(31(39)51-22-18-47-14-10-43-6-2-35)29(33(41)53-24-20-49-16-12-45-8-4-37)28(26)32(40)52-23-19-48-15-11-44-7-3-36;1-3-2-4(5)6-3/h26-29,34-37H,1-25H2;1-2H2. The number of carbonyl (C=O) groups excluding carboxylic acids is 5. The van der Waals surface area contributed by atoms with Crippen molar-refractivity contribution in [3.05, 3.63) is 12.3 Å². The maximum absolute atomic E-state index is 13.6. The number of hydrogen-bond donors (Lipinski definition) is 4. The monoisotopic (exact) mass is 858 g/mol. The van der Waals surface area contributed by atoms with Gasteiger partial charge in [-0.15, -0.1) is 0 Å². The zero-order valence-corrected chi connectivity index (χ0v) is 33.5. The lowest BCUT2D eigenvalue weighted by Crippen LogP contribution is -2.39. The molecular weight excluding hydrogens is 796 g/mol. The summed E-state index contributed by atoms with van der Waals surface area (Å²) in [6, 6.07) is 0. The molecule has 0 aromatic carbocycles. The van der Waals surface area contributed by atoms with Gasteiger partial charge in [0.2, 0.25) is 0 Å². The summed E-state index contributed by atoms with van der Waals surface area (Å²) < 4.78 is 67.7. The van der Waals surface area contributed by atoms with Gasteiger partial charge in [-0.25, -0.2) is 0 Å². The highest BCUT2D eigenvalue weighted by molar-refractivity contribution is 5.92. The lowest BCUT2D eigenvalue weighted by atomic mass is 9.86. The molecule has 0 spiro atoms. The maximum Gasteiger partial charge on any atom is 0.318 e. The molecule has 2 aliphatic rings. The van der Waals surface area contributed by atoms with Crippen molar-refractivity contribution in [2.24, 2.45) is 23.7 Å². The summed E-state index contributed by atoms with van der Waals surface area (Å²) in [4.78, 5) is 63.8. The summed E-state index contributed by atoms with van der Waals surface area (Å²) in [5, 5.41) is 35.1. The van der Waals surface area contributed by atoms with Crippen LogP contribution in [-0.4, -0.2) is 209 Å². The van der Waals surface area contributed by atoms with E-state index in [9.17, 15) is 24.0 Å². The van der Waals surface area contributed by atoms with Crippen molar-refractivity contribution in [2.75, 3.05) is 159 Å². The third-order valence-corrected chi connectivity index (χ3v) is 7.83. The zero-order valence-electron chi connectivity index (χ0n) is 33.5. The molecule has 0 aromatic heterocycles. The number of hydrogen-bond acceptors (Lipinski definition) is 22. The highest BCUT2D eigenvalue weighted by atomic mass is 16.6. The number of rotatable bonds is 36. The Hall–Kier alpha value is -3.39. The van der Waals surface area contributed by atoms with E-state index in [1.54, 1.807) is 0 Å². The van der Waals surface area contributed by atoms with Gasteiger partial charge in [0.15, 0.2) is 0 Å². The molecule has 4 atom stereocenters. The van der Waals surface area contributed by atoms with Crippen molar-refractivity contribution < 1.29 is 106 Å². The number of aliphatic hydroxyl groups is 4. The van der Waals surface area contributed by atoms with Crippen LogP contribution in [0.25, 0.3) is 0 Å². The number of aliphatic hydroxyl groups excluding tert-OH is 4. The van der Waals surface area contributed by atoms with E-state index in [1.807, 2.05) is 0 Å². The van der Waals surface area contributed by atoms with E-state index in [1.165, 1.54) is 0 Å². The maximum atomic E-state index is 13.6. The van der Waals surface area contributed by atoms with Crippen molar-refractivity contribution in [1.82, 2.24) is 0 Å². The molecule has 0 radical (unpaired) electrons. The zero-order chi connectivity index (χ0) is 43.4. The second-order valence-corrected chi connectivity index (χ2v) is 12.2. The minimum absolute atomic E-state index is 0.0115. The highest BCUT2D eigenvalue weighted by Gasteiger charge is 2.58. The molecule has 22 heteroatoms. The first-order valence-electron chi connectivity index (χ1n) is 19.3. The van der Waals surface area contributed by atoms with Crippen molar-refractivity contribution in [3.63, 3.8) is 0 Å². The summed E-state index contributed by atoms with van der Waals surface area (Å²) in [5.74, 6) is -8.78. The lowest BCUT2D eigenvalue weighted by molar-refractivity contribution is -0.170. The SMILES string of the molecule is C=C1CC(=O)O1.O=C(OCCOCCOCCO)C1CC(C(=O)OCCOCCOCCO)C(C(=O)OCCOCCOCCO)C1C(=O)OCCOCCOCCO. The third kappa shape index (κ3) is 25.8. The Bertz CT molecular complexity index is 1060. The van der Waals surface area contributed by atoms with Gasteiger partial charge in [0.25, 0.3) is 0 Å². The van der Waals surface area contributed by atoms with Crippen LogP contribution in [-0.2, 0) is 85.6 Å². The molecule has 4 unspecified atom stereocenters. The van der Waals surface area contributed by atoms with Gasteiger partial charge >= 0.3 is 29.8 Å². The van der Waals surface area contributed by atoms with Crippen molar-refractivity contribution >= 4 is 29.8 Å². The molecule has 0 bridgehead atoms. The number of carbonyl (C=O) groups is 5. The Morgan fingerprint density at radius 2 is 0.678 bits per heavy atom. The van der Waals surface area contributed by atoms with Crippen molar-refractivity contribution in [2.45, 2.75) is 12.8 Å². The first-order valence-corrected chi connectivity index (χ1v) is 19.3. The third-order valence-electron chi connectivity index (χ3n) is 7.83. The highest BCUT2D eigenvalue weighted by Crippen LogP contribution is 2.44. The average molecular weight is 859 g/mol. The Morgan fingerprint density at radius 1 is 0.441 bits per heavy atom. The van der Waals surface area contributed by atoms with Crippen LogP contribution in [0.5, 0.6) is 0 Å². The smallest absolute Gasteiger partial charge is 0.318 e. The second-order valence-electron chi connectivity index (χ2n) is 12.2. The van der Waals surface area contributed by atoms with Crippen LogP contribution in [0.3, 0.4) is 0 Å². The van der Waals surface area contributed by atoms with E-state index in [2.05, 4.69) is 11.3 Å². The van der Waals surface area contributed by atoms with Gasteiger partial charge in [0, 0.05) is 0 Å². The molecule has 1 saturated heterocycles. The molecule has 0 aromatic rings. The molecule has 342 valence electrons. The quantitative estimate of drug-likeness (QED) is 0.0290. The summed E-state index contributed by atoms with van der Waals surface area (Å²) in [5.41, 5.74) is 0. The van der Waals surface area contributed by atoms with E-state index < -0.39 is 47.5 Å². The van der Waals surface area contributed by atoms with Crippen LogP contribution in [0.2, 0.25) is 0 Å². The molecule has 1 heterocycles. The van der Waals surface area contributed by atoms with Gasteiger partial charge in [-0.1, -0.05) is 6.58 Å². The summed E-state index contributed by atoms with van der Waals surface area (Å²) in [6.07, 6.45) is 0.125. The molecule has 2 rings (SSSR count). The molecule has 59 heavy (non-hydrogen) atoms. The molecule has 1 aliphatic heterocycles. The normalized spacial score (nSPS) is 18.3. The fourth-order valence-electron chi connectivity index (χ4n) is 5.25. The van der Waals surface area contributed by atoms with Gasteiger partial charge in [-0.2, -0.15) is 0 Å². The van der Waals surface area contributed by atoms with E-state index in [-0.39, 0.29) is 171 Å². The Kier molecular flexibility index (Phi) is 33.1. The van der Waals surface area contributed by atoms with E-state index in [4.69, 9.17) is 77.3 Å². The average Bonchev–Trinajstić information content (AvgIpc) is 3.63. The van der Waals surface area contributed by atoms with Crippen LogP contribution < -0.4 is 0 Å². The van der Waals surface area contributed by atoms with Crippen molar-refractivity contribution in [1.29, 1.82) is 0 Å². The summed E-state index contributed by atoms with van der Waals surface area (Å²) >= 11 is 0. The van der Waals surface area contributed by atoms with Crippen molar-refractivity contribution in [3.8, 4) is 0 Å². The van der Waals surface area contributed by atoms with Gasteiger partial charge in [-0.3, -0.25) is 24.0 Å². The molecule has 0 amide bonds. The number of cyclic esters (lactones) is 1. The van der Waals surface area contributed by atoms with Crippen LogP contribution in [0.15, 0.2) is 12.3 Å². The van der Waals surface area contributed by atoms with E-state index >= 15 is 0 Å². The van der Waals surface area contributed by atoms with Gasteiger partial charge in [0.05, 0.1) is 156 Å². The Balaban J connectivity index is 0.00000264. The molecule has 2 fully saturated rings. The first kappa shape index (κ1) is 53.6. The molecule has 4 N–H and O–H groups in total. The van der Waals surface area contributed by atoms with Gasteiger partial charge in [-0.05, 0) is 6.42 Å². The van der Waals surface area contributed by atoms with Crippen LogP contribution in [0.1, 0.15) is 12.8 Å². The van der Waals surface area contributed by atoms with Gasteiger partial charge in [0.1, 0.15) is 38.6 Å². The minimum atomic E-state index is -1.49. The Morgan fingerprint density at radius 3 is 0.898 bits per heavy atom. The fraction of sp³-hybridized carbons (Fsp3) is 0.811. The summed E-state index contributed by atoms with van der Waals surface area (Å²) in [7, 11) is 0. The second kappa shape index (κ2) is 36.5. The van der Waals surface area contributed by atoms with Gasteiger partial charge < -0.3 is 82.0 Å². The van der Waals surface area contributed by atoms with Crippen LogP contribution >= 0.6 is 0 Å². The molecular formula is C37H62O22. The lowest BCUT2D eigenvalue weighted by Gasteiger charge is -2.23. The molecule has 22 nitrogen and oxygen atoms in total. The van der Waals surface area contributed by atoms with Crippen LogP contribution in [0, 0.1) is 23.7 Å². The largest absolute Gasteiger partial charge is 0.463 e. The van der Waals surface area contributed by atoms with E-state index in [0.29, 0.717) is 12.2 Å². The fourth-order valence-corrected chi connectivity index (χ4v) is 5.25. The molecule has 1 aliphatic carbocycles. The van der Waals surface area contributed by atoms with Crippen LogP contribution in [0.4, 0.5) is 0 Å².